The van der Waals surface area contributed by atoms with Crippen molar-refractivity contribution >= 4 is 0 Å². The highest BCUT2D eigenvalue weighted by Crippen LogP contribution is 2.29. The van der Waals surface area contributed by atoms with E-state index in [-0.39, 0.29) is 11.8 Å². The summed E-state index contributed by atoms with van der Waals surface area (Å²) in [7, 11) is 0. The predicted molar refractivity (Wildman–Crippen MR) is 65.5 cm³/mol. The summed E-state index contributed by atoms with van der Waals surface area (Å²) >= 11 is 0. The molecule has 18 heavy (non-hydrogen) atoms. The monoisotopic (exact) mass is 249 g/mol. The van der Waals surface area contributed by atoms with Crippen LogP contribution < -0.4 is 10.5 Å². The molecule has 94 valence electrons. The molecular formula is C14H13F2NO. The zero-order valence-electron chi connectivity index (χ0n) is 9.86. The van der Waals surface area contributed by atoms with Gasteiger partial charge in [-0.15, -0.1) is 0 Å². The van der Waals surface area contributed by atoms with Crippen LogP contribution in [-0.4, -0.2) is 0 Å². The van der Waals surface area contributed by atoms with Crippen LogP contribution in [0.5, 0.6) is 11.5 Å². The molecule has 0 bridgehead atoms. The van der Waals surface area contributed by atoms with Gasteiger partial charge in [-0.05, 0) is 13.0 Å². The number of hydrogen-bond acceptors (Lipinski definition) is 2. The molecule has 0 heterocycles. The Morgan fingerprint density at radius 1 is 1.06 bits per heavy atom. The standard InChI is InChI=1S/C14H13F2NO/c1-9(17)13-4-2-3-5-14(13)18-12-7-10(15)6-11(16)8-12/h2-9H,17H2,1H3/t9-/m0/s1. The fraction of sp³-hybridized carbons (Fsp3) is 0.143. The molecule has 2 rings (SSSR count). The molecule has 2 aromatic carbocycles. The summed E-state index contributed by atoms with van der Waals surface area (Å²) in [4.78, 5) is 0. The molecule has 0 aliphatic rings. The van der Waals surface area contributed by atoms with Crippen LogP contribution in [0.1, 0.15) is 18.5 Å². The van der Waals surface area contributed by atoms with Gasteiger partial charge in [0.1, 0.15) is 23.1 Å². The molecule has 4 heteroatoms. The Morgan fingerprint density at radius 3 is 2.28 bits per heavy atom. The van der Waals surface area contributed by atoms with Crippen molar-refractivity contribution in [1.82, 2.24) is 0 Å². The van der Waals surface area contributed by atoms with E-state index in [1.165, 1.54) is 0 Å². The van der Waals surface area contributed by atoms with Crippen LogP contribution in [0.3, 0.4) is 0 Å². The highest BCUT2D eigenvalue weighted by Gasteiger charge is 2.09. The predicted octanol–water partition coefficient (Wildman–Crippen LogP) is 3.78. The number of benzene rings is 2. The summed E-state index contributed by atoms with van der Waals surface area (Å²) in [5.74, 6) is -0.746. The average molecular weight is 249 g/mol. The smallest absolute Gasteiger partial charge is 0.133 e. The van der Waals surface area contributed by atoms with Gasteiger partial charge in [-0.1, -0.05) is 18.2 Å². The number of halogens is 2. The first-order valence-electron chi connectivity index (χ1n) is 5.54. The first kappa shape index (κ1) is 12.5. The van der Waals surface area contributed by atoms with Crippen molar-refractivity contribution in [2.45, 2.75) is 13.0 Å². The summed E-state index contributed by atoms with van der Waals surface area (Å²) in [5, 5.41) is 0. The lowest BCUT2D eigenvalue weighted by Crippen LogP contribution is -2.06. The minimum absolute atomic E-state index is 0.112. The SMILES string of the molecule is C[C@H](N)c1ccccc1Oc1cc(F)cc(F)c1. The molecule has 0 aliphatic heterocycles. The number of ether oxygens (including phenoxy) is 1. The van der Waals surface area contributed by atoms with Gasteiger partial charge < -0.3 is 10.5 Å². The molecule has 0 fully saturated rings. The Balaban J connectivity index is 2.34. The Labute approximate surface area is 104 Å². The third-order valence-corrected chi connectivity index (χ3v) is 2.47. The van der Waals surface area contributed by atoms with E-state index in [9.17, 15) is 8.78 Å². The van der Waals surface area contributed by atoms with Crippen LogP contribution in [0.25, 0.3) is 0 Å². The van der Waals surface area contributed by atoms with E-state index in [0.717, 1.165) is 23.8 Å². The van der Waals surface area contributed by atoms with Crippen molar-refractivity contribution in [3.05, 3.63) is 59.7 Å². The molecule has 2 aromatic rings. The summed E-state index contributed by atoms with van der Waals surface area (Å²) in [6, 6.07) is 9.96. The molecule has 2 nitrogen and oxygen atoms in total. The Hall–Kier alpha value is -1.94. The second-order valence-electron chi connectivity index (χ2n) is 4.03. The first-order valence-corrected chi connectivity index (χ1v) is 5.54. The molecular weight excluding hydrogens is 236 g/mol. The van der Waals surface area contributed by atoms with Gasteiger partial charge in [0.25, 0.3) is 0 Å². The topological polar surface area (TPSA) is 35.2 Å². The summed E-state index contributed by atoms with van der Waals surface area (Å²) in [6.07, 6.45) is 0. The molecule has 0 radical (unpaired) electrons. The maximum atomic E-state index is 13.0. The molecule has 0 saturated heterocycles. The number of hydrogen-bond donors (Lipinski definition) is 1. The Morgan fingerprint density at radius 2 is 1.67 bits per heavy atom. The van der Waals surface area contributed by atoms with Crippen LogP contribution in [0.2, 0.25) is 0 Å². The summed E-state index contributed by atoms with van der Waals surface area (Å²) < 4.78 is 31.6. The van der Waals surface area contributed by atoms with Gasteiger partial charge in [0.15, 0.2) is 0 Å². The van der Waals surface area contributed by atoms with Crippen molar-refractivity contribution in [2.75, 3.05) is 0 Å². The average Bonchev–Trinajstić information content (AvgIpc) is 2.27. The maximum Gasteiger partial charge on any atom is 0.133 e. The van der Waals surface area contributed by atoms with E-state index >= 15 is 0 Å². The van der Waals surface area contributed by atoms with Gasteiger partial charge in [-0.3, -0.25) is 0 Å². The van der Waals surface area contributed by atoms with Crippen LogP contribution in [0, 0.1) is 11.6 Å². The highest BCUT2D eigenvalue weighted by atomic mass is 19.1. The first-order chi connectivity index (χ1) is 8.56. The second kappa shape index (κ2) is 5.14. The highest BCUT2D eigenvalue weighted by molar-refractivity contribution is 5.39. The molecule has 0 amide bonds. The lowest BCUT2D eigenvalue weighted by atomic mass is 10.1. The molecule has 0 aromatic heterocycles. The minimum atomic E-state index is -0.678. The van der Waals surface area contributed by atoms with Crippen molar-refractivity contribution in [1.29, 1.82) is 0 Å². The van der Waals surface area contributed by atoms with Crippen LogP contribution >= 0.6 is 0 Å². The van der Waals surface area contributed by atoms with Gasteiger partial charge >= 0.3 is 0 Å². The summed E-state index contributed by atoms with van der Waals surface area (Å²) in [6.45, 7) is 1.81. The minimum Gasteiger partial charge on any atom is -0.457 e. The summed E-state index contributed by atoms with van der Waals surface area (Å²) in [5.41, 5.74) is 6.58. The van der Waals surface area contributed by atoms with Gasteiger partial charge in [0.05, 0.1) is 0 Å². The van der Waals surface area contributed by atoms with Gasteiger partial charge in [-0.2, -0.15) is 0 Å². The molecule has 0 saturated carbocycles. The van der Waals surface area contributed by atoms with E-state index in [4.69, 9.17) is 10.5 Å². The second-order valence-corrected chi connectivity index (χ2v) is 4.03. The third-order valence-electron chi connectivity index (χ3n) is 2.47. The molecule has 0 unspecified atom stereocenters. The zero-order chi connectivity index (χ0) is 13.1. The molecule has 0 aliphatic carbocycles. The zero-order valence-corrected chi connectivity index (χ0v) is 9.86. The van der Waals surface area contributed by atoms with Gasteiger partial charge in [0.2, 0.25) is 0 Å². The number of para-hydroxylation sites is 1. The largest absolute Gasteiger partial charge is 0.457 e. The number of nitrogens with two attached hydrogens (primary N) is 1. The fourth-order valence-electron chi connectivity index (χ4n) is 1.66. The van der Waals surface area contributed by atoms with Crippen molar-refractivity contribution in [3.63, 3.8) is 0 Å². The van der Waals surface area contributed by atoms with Crippen molar-refractivity contribution in [3.8, 4) is 11.5 Å². The lowest BCUT2D eigenvalue weighted by molar-refractivity contribution is 0.459. The lowest BCUT2D eigenvalue weighted by Gasteiger charge is -2.13. The Bertz CT molecular complexity index is 535. The van der Waals surface area contributed by atoms with Crippen LogP contribution in [0.15, 0.2) is 42.5 Å². The molecule has 0 spiro atoms. The van der Waals surface area contributed by atoms with Gasteiger partial charge in [0, 0.05) is 29.8 Å². The maximum absolute atomic E-state index is 13.0. The van der Waals surface area contributed by atoms with E-state index in [1.807, 2.05) is 19.1 Å². The van der Waals surface area contributed by atoms with Crippen molar-refractivity contribution < 1.29 is 13.5 Å². The van der Waals surface area contributed by atoms with Crippen LogP contribution in [-0.2, 0) is 0 Å². The molecule has 1 atom stereocenters. The Kier molecular flexibility index (Phi) is 3.58. The quantitative estimate of drug-likeness (QED) is 0.898. The van der Waals surface area contributed by atoms with Crippen LogP contribution in [0.4, 0.5) is 8.78 Å². The van der Waals surface area contributed by atoms with Gasteiger partial charge in [-0.25, -0.2) is 8.78 Å². The van der Waals surface area contributed by atoms with E-state index in [0.29, 0.717) is 5.75 Å². The normalized spacial score (nSPS) is 12.2. The number of rotatable bonds is 3. The fourth-order valence-corrected chi connectivity index (χ4v) is 1.66. The molecule has 2 N–H and O–H groups in total. The van der Waals surface area contributed by atoms with E-state index in [2.05, 4.69) is 0 Å². The van der Waals surface area contributed by atoms with E-state index in [1.54, 1.807) is 12.1 Å². The van der Waals surface area contributed by atoms with Crippen molar-refractivity contribution in [2.24, 2.45) is 5.73 Å². The van der Waals surface area contributed by atoms with E-state index < -0.39 is 11.6 Å². The third kappa shape index (κ3) is 2.84.